The van der Waals surface area contributed by atoms with Gasteiger partial charge >= 0.3 is 0 Å². The third-order valence-electron chi connectivity index (χ3n) is 4.50. The number of carbonyl (C=O) groups excluding carboxylic acids is 1. The molecule has 1 aromatic carbocycles. The molecule has 4 nitrogen and oxygen atoms in total. The zero-order valence-electron chi connectivity index (χ0n) is 14.1. The summed E-state index contributed by atoms with van der Waals surface area (Å²) >= 11 is 0. The monoisotopic (exact) mass is 312 g/mol. The normalized spacial score (nSPS) is 13.9. The van der Waals surface area contributed by atoms with Crippen molar-refractivity contribution in [3.05, 3.63) is 52.8 Å². The maximum atomic E-state index is 12.4. The molecule has 0 unspecified atom stereocenters. The van der Waals surface area contributed by atoms with Crippen molar-refractivity contribution in [3.63, 3.8) is 0 Å². The molecule has 1 saturated carbocycles. The van der Waals surface area contributed by atoms with Gasteiger partial charge in [0.05, 0.1) is 12.7 Å². The summed E-state index contributed by atoms with van der Waals surface area (Å²) in [7, 11) is 1.66. The van der Waals surface area contributed by atoms with Crippen LogP contribution in [0, 0.1) is 13.8 Å². The topological polar surface area (TPSA) is 43.3 Å². The number of amides is 1. The molecule has 3 rings (SSSR count). The van der Waals surface area contributed by atoms with Gasteiger partial charge in [-0.25, -0.2) is 0 Å². The molecule has 4 heteroatoms. The number of rotatable bonds is 6. The minimum atomic E-state index is 0.0264. The molecule has 0 bridgehead atoms. The van der Waals surface area contributed by atoms with Crippen molar-refractivity contribution >= 4 is 5.91 Å². The number of carbonyl (C=O) groups is 1. The van der Waals surface area contributed by atoms with Gasteiger partial charge in [0.2, 0.25) is 0 Å². The fourth-order valence-electron chi connectivity index (χ4n) is 3.11. The van der Waals surface area contributed by atoms with Crippen LogP contribution in [0.25, 0.3) is 0 Å². The van der Waals surface area contributed by atoms with Gasteiger partial charge < -0.3 is 14.6 Å². The van der Waals surface area contributed by atoms with Gasteiger partial charge in [-0.15, -0.1) is 0 Å². The maximum Gasteiger partial charge on any atom is 0.253 e. The molecule has 1 amide bonds. The highest BCUT2D eigenvalue weighted by Gasteiger charge is 2.28. The van der Waals surface area contributed by atoms with Crippen molar-refractivity contribution in [1.82, 2.24) is 9.88 Å². The third-order valence-corrected chi connectivity index (χ3v) is 4.50. The van der Waals surface area contributed by atoms with Crippen LogP contribution in [0.5, 0.6) is 5.75 Å². The number of aromatic nitrogens is 1. The average molecular weight is 312 g/mol. The van der Waals surface area contributed by atoms with Crippen LogP contribution in [-0.2, 0) is 6.42 Å². The lowest BCUT2D eigenvalue weighted by Crippen LogP contribution is -2.26. The first kappa shape index (κ1) is 15.7. The summed E-state index contributed by atoms with van der Waals surface area (Å²) in [4.78, 5) is 12.4. The number of ether oxygens (including phenoxy) is 1. The largest absolute Gasteiger partial charge is 0.497 e. The van der Waals surface area contributed by atoms with Crippen LogP contribution in [0.4, 0.5) is 0 Å². The highest BCUT2D eigenvalue weighted by Crippen LogP contribution is 2.38. The Kier molecular flexibility index (Phi) is 4.42. The van der Waals surface area contributed by atoms with Gasteiger partial charge in [0, 0.05) is 24.0 Å². The summed E-state index contributed by atoms with van der Waals surface area (Å²) in [6, 6.07) is 10.6. The van der Waals surface area contributed by atoms with Crippen LogP contribution in [0.15, 0.2) is 30.3 Å². The van der Waals surface area contributed by atoms with Crippen LogP contribution in [-0.4, -0.2) is 24.1 Å². The SMILES string of the molecule is COc1ccc(CCNC(=O)c2cc(C)n(C3CC3)c2C)cc1. The Bertz CT molecular complexity index is 697. The first-order valence-corrected chi connectivity index (χ1v) is 8.19. The number of nitrogens with zero attached hydrogens (tertiary/aromatic N) is 1. The first-order valence-electron chi connectivity index (χ1n) is 8.19. The Morgan fingerprint density at radius 3 is 2.57 bits per heavy atom. The summed E-state index contributed by atoms with van der Waals surface area (Å²) in [5.74, 6) is 0.879. The number of hydrogen-bond acceptors (Lipinski definition) is 2. The van der Waals surface area contributed by atoms with Gasteiger partial charge in [0.1, 0.15) is 5.75 Å². The third kappa shape index (κ3) is 3.41. The molecule has 1 fully saturated rings. The Hall–Kier alpha value is -2.23. The molecule has 1 aliphatic carbocycles. The first-order chi connectivity index (χ1) is 11.1. The Balaban J connectivity index is 1.58. The molecule has 1 heterocycles. The number of benzene rings is 1. The molecule has 122 valence electrons. The van der Waals surface area contributed by atoms with Gasteiger partial charge in [0.25, 0.3) is 5.91 Å². The van der Waals surface area contributed by atoms with Crippen molar-refractivity contribution < 1.29 is 9.53 Å². The number of aryl methyl sites for hydroxylation is 1. The number of hydrogen-bond donors (Lipinski definition) is 1. The molecule has 0 radical (unpaired) electrons. The second-order valence-corrected chi connectivity index (χ2v) is 6.24. The van der Waals surface area contributed by atoms with E-state index in [4.69, 9.17) is 4.74 Å². The van der Waals surface area contributed by atoms with Crippen molar-refractivity contribution in [2.75, 3.05) is 13.7 Å². The van der Waals surface area contributed by atoms with E-state index in [1.807, 2.05) is 37.3 Å². The summed E-state index contributed by atoms with van der Waals surface area (Å²) in [6.45, 7) is 4.77. The molecule has 1 N–H and O–H groups in total. The summed E-state index contributed by atoms with van der Waals surface area (Å²) < 4.78 is 7.45. The zero-order chi connectivity index (χ0) is 16.4. The number of methoxy groups -OCH3 is 1. The minimum absolute atomic E-state index is 0.0264. The lowest BCUT2D eigenvalue weighted by Gasteiger charge is -2.08. The van der Waals surface area contributed by atoms with E-state index < -0.39 is 0 Å². The van der Waals surface area contributed by atoms with Crippen molar-refractivity contribution in [3.8, 4) is 5.75 Å². The summed E-state index contributed by atoms with van der Waals surface area (Å²) in [6.07, 6.45) is 3.28. The van der Waals surface area contributed by atoms with Gasteiger partial charge in [-0.3, -0.25) is 4.79 Å². The van der Waals surface area contributed by atoms with Crippen LogP contribution in [0.3, 0.4) is 0 Å². The fraction of sp³-hybridized carbons (Fsp3) is 0.421. The lowest BCUT2D eigenvalue weighted by atomic mass is 10.1. The molecule has 0 spiro atoms. The van der Waals surface area contributed by atoms with E-state index in [2.05, 4.69) is 16.8 Å². The summed E-state index contributed by atoms with van der Waals surface area (Å²) in [5.41, 5.74) is 4.27. The van der Waals surface area contributed by atoms with Crippen LogP contribution < -0.4 is 10.1 Å². The van der Waals surface area contributed by atoms with Crippen molar-refractivity contribution in [2.24, 2.45) is 0 Å². The summed E-state index contributed by atoms with van der Waals surface area (Å²) in [5, 5.41) is 3.03. The van der Waals surface area contributed by atoms with Crippen LogP contribution in [0.2, 0.25) is 0 Å². The van der Waals surface area contributed by atoms with E-state index in [1.165, 1.54) is 24.1 Å². The zero-order valence-corrected chi connectivity index (χ0v) is 14.1. The van der Waals surface area contributed by atoms with Crippen molar-refractivity contribution in [2.45, 2.75) is 39.2 Å². The van der Waals surface area contributed by atoms with Gasteiger partial charge in [-0.2, -0.15) is 0 Å². The molecule has 0 atom stereocenters. The van der Waals surface area contributed by atoms with E-state index in [0.29, 0.717) is 12.6 Å². The molecular formula is C19H24N2O2. The number of nitrogens with one attached hydrogen (secondary N) is 1. The second-order valence-electron chi connectivity index (χ2n) is 6.24. The fourth-order valence-corrected chi connectivity index (χ4v) is 3.11. The predicted molar refractivity (Wildman–Crippen MR) is 91.2 cm³/mol. The second kappa shape index (κ2) is 6.49. The van der Waals surface area contributed by atoms with Gasteiger partial charge in [-0.1, -0.05) is 12.1 Å². The van der Waals surface area contributed by atoms with E-state index in [1.54, 1.807) is 7.11 Å². The average Bonchev–Trinajstić information content (AvgIpc) is 3.33. The standard InChI is InChI=1S/C19H24N2O2/c1-13-12-18(14(2)21(13)16-6-7-16)19(22)20-11-10-15-4-8-17(23-3)9-5-15/h4-5,8-9,12,16H,6-7,10-11H2,1-3H3,(H,20,22). The smallest absolute Gasteiger partial charge is 0.253 e. The molecule has 2 aromatic rings. The molecule has 0 saturated heterocycles. The highest BCUT2D eigenvalue weighted by molar-refractivity contribution is 5.95. The molecule has 1 aliphatic rings. The Labute approximate surface area is 137 Å². The van der Waals surface area contributed by atoms with Crippen molar-refractivity contribution in [1.29, 1.82) is 0 Å². The minimum Gasteiger partial charge on any atom is -0.497 e. The van der Waals surface area contributed by atoms with E-state index in [-0.39, 0.29) is 5.91 Å². The van der Waals surface area contributed by atoms with E-state index >= 15 is 0 Å². The van der Waals surface area contributed by atoms with E-state index in [9.17, 15) is 4.79 Å². The van der Waals surface area contributed by atoms with Crippen LogP contribution in [0.1, 0.15) is 46.2 Å². The molecule has 1 aromatic heterocycles. The Morgan fingerprint density at radius 2 is 1.96 bits per heavy atom. The predicted octanol–water partition coefficient (Wildman–Crippen LogP) is 3.42. The Morgan fingerprint density at radius 1 is 1.26 bits per heavy atom. The maximum absolute atomic E-state index is 12.4. The van der Waals surface area contributed by atoms with E-state index in [0.717, 1.165) is 23.4 Å². The van der Waals surface area contributed by atoms with Gasteiger partial charge in [-0.05, 0) is 56.9 Å². The lowest BCUT2D eigenvalue weighted by molar-refractivity contribution is 0.0953. The van der Waals surface area contributed by atoms with Crippen LogP contribution >= 0.6 is 0 Å². The molecule has 0 aliphatic heterocycles. The molecular weight excluding hydrogens is 288 g/mol. The highest BCUT2D eigenvalue weighted by atomic mass is 16.5. The molecule has 23 heavy (non-hydrogen) atoms. The van der Waals surface area contributed by atoms with Gasteiger partial charge in [0.15, 0.2) is 0 Å². The quantitative estimate of drug-likeness (QED) is 0.888.